The first-order valence-electron chi connectivity index (χ1n) is 10.8. The fourth-order valence-corrected chi connectivity index (χ4v) is 4.30. The van der Waals surface area contributed by atoms with Crippen LogP contribution in [-0.4, -0.2) is 55.2 Å². The Kier molecular flexibility index (Phi) is 6.83. The Morgan fingerprint density at radius 2 is 1.94 bits per heavy atom. The molecule has 0 bridgehead atoms. The number of carbonyl (C=O) groups is 1. The summed E-state index contributed by atoms with van der Waals surface area (Å²) in [6, 6.07) is 20.3. The number of methoxy groups -OCH3 is 1. The van der Waals surface area contributed by atoms with Gasteiger partial charge < -0.3 is 14.8 Å². The maximum Gasteiger partial charge on any atom is 0.253 e. The Labute approximate surface area is 189 Å². The van der Waals surface area contributed by atoms with Crippen LogP contribution in [0.5, 0.6) is 5.75 Å². The van der Waals surface area contributed by atoms with E-state index in [2.05, 4.69) is 39.5 Å². The molecule has 1 aliphatic rings. The molecule has 4 rings (SSSR count). The van der Waals surface area contributed by atoms with Crippen LogP contribution in [0.4, 0.5) is 0 Å². The van der Waals surface area contributed by atoms with E-state index in [1.54, 1.807) is 20.4 Å². The molecule has 1 aliphatic heterocycles. The second-order valence-corrected chi connectivity index (χ2v) is 8.10. The second kappa shape index (κ2) is 9.94. The summed E-state index contributed by atoms with van der Waals surface area (Å²) in [5.74, 6) is 0.736. The molecule has 0 radical (unpaired) electrons. The monoisotopic (exact) mass is 431 g/mol. The number of nitrogens with zero attached hydrogens (tertiary/aromatic N) is 2. The predicted octanol–water partition coefficient (Wildman–Crippen LogP) is 3.32. The number of aromatic nitrogens is 1. The number of benzene rings is 2. The van der Waals surface area contributed by atoms with Crippen LogP contribution in [0, 0.1) is 0 Å². The summed E-state index contributed by atoms with van der Waals surface area (Å²) in [7, 11) is 3.34. The molecule has 1 unspecified atom stereocenters. The van der Waals surface area contributed by atoms with Crippen LogP contribution in [0.15, 0.2) is 73.1 Å². The number of pyridine rings is 1. The number of carbonyl (C=O) groups excluding carboxylic acids is 1. The summed E-state index contributed by atoms with van der Waals surface area (Å²) < 4.78 is 11.5. The van der Waals surface area contributed by atoms with E-state index in [1.165, 1.54) is 0 Å². The van der Waals surface area contributed by atoms with Gasteiger partial charge in [-0.1, -0.05) is 42.5 Å². The molecule has 1 fully saturated rings. The smallest absolute Gasteiger partial charge is 0.253 e. The van der Waals surface area contributed by atoms with Crippen molar-refractivity contribution in [2.45, 2.75) is 18.6 Å². The molecule has 1 saturated heterocycles. The molecule has 0 saturated carbocycles. The fourth-order valence-electron chi connectivity index (χ4n) is 4.30. The van der Waals surface area contributed by atoms with Gasteiger partial charge in [0, 0.05) is 45.5 Å². The van der Waals surface area contributed by atoms with E-state index >= 15 is 0 Å². The van der Waals surface area contributed by atoms with Crippen molar-refractivity contribution in [3.05, 3.63) is 84.2 Å². The fraction of sp³-hybridized carbons (Fsp3) is 0.308. The first-order chi connectivity index (χ1) is 15.6. The molecule has 1 atom stereocenters. The Morgan fingerprint density at radius 3 is 2.72 bits per heavy atom. The van der Waals surface area contributed by atoms with Gasteiger partial charge in [-0.3, -0.25) is 14.7 Å². The molecule has 6 nitrogen and oxygen atoms in total. The van der Waals surface area contributed by atoms with Crippen molar-refractivity contribution in [3.8, 4) is 16.9 Å². The average molecular weight is 432 g/mol. The highest BCUT2D eigenvalue weighted by molar-refractivity contribution is 5.86. The van der Waals surface area contributed by atoms with Crippen LogP contribution in [0.1, 0.15) is 11.1 Å². The Balaban J connectivity index is 1.56. The van der Waals surface area contributed by atoms with Crippen LogP contribution in [0.2, 0.25) is 0 Å². The van der Waals surface area contributed by atoms with E-state index in [4.69, 9.17) is 9.47 Å². The average Bonchev–Trinajstić information content (AvgIpc) is 2.84. The van der Waals surface area contributed by atoms with Gasteiger partial charge in [0.25, 0.3) is 5.91 Å². The zero-order valence-electron chi connectivity index (χ0n) is 18.6. The molecular weight excluding hydrogens is 402 g/mol. The van der Waals surface area contributed by atoms with Crippen molar-refractivity contribution in [1.82, 2.24) is 15.2 Å². The van der Waals surface area contributed by atoms with Crippen molar-refractivity contribution >= 4 is 5.91 Å². The molecule has 1 N–H and O–H groups in total. The van der Waals surface area contributed by atoms with Crippen molar-refractivity contribution in [2.75, 3.05) is 33.9 Å². The first-order valence-corrected chi connectivity index (χ1v) is 10.8. The van der Waals surface area contributed by atoms with Gasteiger partial charge in [-0.15, -0.1) is 0 Å². The van der Waals surface area contributed by atoms with Crippen LogP contribution < -0.4 is 10.1 Å². The van der Waals surface area contributed by atoms with E-state index in [-0.39, 0.29) is 5.91 Å². The van der Waals surface area contributed by atoms with Crippen molar-refractivity contribution in [2.24, 2.45) is 0 Å². The van der Waals surface area contributed by atoms with Gasteiger partial charge in [-0.25, -0.2) is 0 Å². The van der Waals surface area contributed by atoms with Crippen molar-refractivity contribution in [1.29, 1.82) is 0 Å². The van der Waals surface area contributed by atoms with Crippen LogP contribution in [-0.2, 0) is 22.5 Å². The third-order valence-corrected chi connectivity index (χ3v) is 5.86. The molecule has 1 aromatic heterocycles. The van der Waals surface area contributed by atoms with Crippen molar-refractivity contribution < 1.29 is 14.3 Å². The predicted molar refractivity (Wildman–Crippen MR) is 124 cm³/mol. The Bertz CT molecular complexity index is 1060. The maximum atomic E-state index is 13.1. The zero-order valence-corrected chi connectivity index (χ0v) is 18.6. The lowest BCUT2D eigenvalue weighted by atomic mass is 9.90. The second-order valence-electron chi connectivity index (χ2n) is 8.10. The van der Waals surface area contributed by atoms with E-state index in [1.807, 2.05) is 42.6 Å². The summed E-state index contributed by atoms with van der Waals surface area (Å²) >= 11 is 0. The van der Waals surface area contributed by atoms with Gasteiger partial charge in [0.15, 0.2) is 5.60 Å². The standard InChI is InChI=1S/C26H29N3O3/c1-27-25(30)26(16-20-6-3-8-22(14-20)23-9-5-11-28-17-23)19-29(12-13-32-26)18-21-7-4-10-24(15-21)31-2/h3-11,14-15,17H,12-13,16,18-19H2,1-2H3,(H,27,30). The normalized spacial score (nSPS) is 18.8. The van der Waals surface area contributed by atoms with Gasteiger partial charge in [0.05, 0.1) is 13.7 Å². The molecule has 166 valence electrons. The topological polar surface area (TPSA) is 63.7 Å². The summed E-state index contributed by atoms with van der Waals surface area (Å²) in [6.07, 6.45) is 4.11. The largest absolute Gasteiger partial charge is 0.497 e. The van der Waals surface area contributed by atoms with E-state index in [0.717, 1.165) is 41.1 Å². The quantitative estimate of drug-likeness (QED) is 0.622. The molecular formula is C26H29N3O3. The number of nitrogens with one attached hydrogen (secondary N) is 1. The minimum absolute atomic E-state index is 0.0976. The van der Waals surface area contributed by atoms with E-state index in [9.17, 15) is 4.79 Å². The van der Waals surface area contributed by atoms with Crippen LogP contribution in [0.3, 0.4) is 0 Å². The van der Waals surface area contributed by atoms with Gasteiger partial charge in [0.2, 0.25) is 0 Å². The molecule has 1 amide bonds. The summed E-state index contributed by atoms with van der Waals surface area (Å²) in [4.78, 5) is 19.5. The number of rotatable bonds is 7. The molecule has 2 heterocycles. The molecule has 0 aliphatic carbocycles. The first kappa shape index (κ1) is 22.0. The SMILES string of the molecule is CNC(=O)C1(Cc2cccc(-c3cccnc3)c2)CN(Cc2cccc(OC)c2)CCO1. The van der Waals surface area contributed by atoms with Crippen LogP contribution in [0.25, 0.3) is 11.1 Å². The lowest BCUT2D eigenvalue weighted by Crippen LogP contribution is -2.60. The third-order valence-electron chi connectivity index (χ3n) is 5.86. The minimum Gasteiger partial charge on any atom is -0.497 e. The van der Waals surface area contributed by atoms with Gasteiger partial charge >= 0.3 is 0 Å². The highest BCUT2D eigenvalue weighted by Gasteiger charge is 2.43. The molecule has 6 heteroatoms. The maximum absolute atomic E-state index is 13.1. The molecule has 2 aromatic carbocycles. The Hall–Kier alpha value is -3.22. The van der Waals surface area contributed by atoms with Crippen molar-refractivity contribution in [3.63, 3.8) is 0 Å². The lowest BCUT2D eigenvalue weighted by molar-refractivity contribution is -0.160. The highest BCUT2D eigenvalue weighted by atomic mass is 16.5. The molecule has 32 heavy (non-hydrogen) atoms. The number of ether oxygens (including phenoxy) is 2. The molecule has 3 aromatic rings. The van der Waals surface area contributed by atoms with Gasteiger partial charge in [-0.2, -0.15) is 0 Å². The minimum atomic E-state index is -0.945. The summed E-state index contributed by atoms with van der Waals surface area (Å²) in [5.41, 5.74) is 3.38. The van der Waals surface area contributed by atoms with Gasteiger partial charge in [0.1, 0.15) is 5.75 Å². The number of amides is 1. The summed E-state index contributed by atoms with van der Waals surface area (Å²) in [5, 5.41) is 2.82. The lowest BCUT2D eigenvalue weighted by Gasteiger charge is -2.41. The highest BCUT2D eigenvalue weighted by Crippen LogP contribution is 2.28. The number of hydrogen-bond acceptors (Lipinski definition) is 5. The number of hydrogen-bond donors (Lipinski definition) is 1. The summed E-state index contributed by atoms with van der Waals surface area (Å²) in [6.45, 7) is 2.52. The Morgan fingerprint density at radius 1 is 1.12 bits per heavy atom. The molecule has 0 spiro atoms. The zero-order chi connectivity index (χ0) is 22.4. The van der Waals surface area contributed by atoms with E-state index < -0.39 is 5.60 Å². The number of likely N-dealkylation sites (N-methyl/N-ethyl adjacent to an activating group) is 1. The van der Waals surface area contributed by atoms with Crippen LogP contribution >= 0.6 is 0 Å². The third kappa shape index (κ3) is 4.98. The van der Waals surface area contributed by atoms with Gasteiger partial charge in [-0.05, 0) is 40.5 Å². The number of morpholine rings is 1. The van der Waals surface area contributed by atoms with E-state index in [0.29, 0.717) is 19.6 Å².